The maximum Gasteiger partial charge on any atom is 0.0496 e. The summed E-state index contributed by atoms with van der Waals surface area (Å²) < 4.78 is 4.94. The second kappa shape index (κ2) is 8.52. The summed E-state index contributed by atoms with van der Waals surface area (Å²) >= 11 is 0. The van der Waals surface area contributed by atoms with Crippen LogP contribution < -0.4 is 0 Å². The average molecular weight is 192 g/mol. The van der Waals surface area contributed by atoms with Crippen LogP contribution in [0.2, 0.25) is 0 Å². The molecular weight excluding hydrogens is 172 g/mol. The Morgan fingerprint density at radius 3 is 2.71 bits per heavy atom. The van der Waals surface area contributed by atoms with Crippen LogP contribution in [-0.4, -0.2) is 13.7 Å². The largest absolute Gasteiger partial charge is 0.384 e. The Labute approximate surface area is 87.5 Å². The number of methoxy groups -OCH3 is 1. The van der Waals surface area contributed by atoms with E-state index in [1.54, 1.807) is 7.11 Å². The van der Waals surface area contributed by atoms with E-state index in [2.05, 4.69) is 25.7 Å². The predicted octanol–water partition coefficient (Wildman–Crippen LogP) is 3.66. The van der Waals surface area contributed by atoms with Crippen LogP contribution in [0, 0.1) is 0 Å². The van der Waals surface area contributed by atoms with E-state index in [4.69, 9.17) is 4.74 Å². The predicted molar refractivity (Wildman–Crippen MR) is 63.3 cm³/mol. The van der Waals surface area contributed by atoms with Gasteiger partial charge in [-0.2, -0.15) is 0 Å². The van der Waals surface area contributed by atoms with Crippen molar-refractivity contribution in [2.45, 2.75) is 20.3 Å². The Hall–Kier alpha value is -1.08. The number of ether oxygens (including phenoxy) is 1. The van der Waals surface area contributed by atoms with Crippen molar-refractivity contribution >= 4 is 0 Å². The van der Waals surface area contributed by atoms with E-state index < -0.39 is 0 Å². The van der Waals surface area contributed by atoms with Gasteiger partial charge in [0.1, 0.15) is 0 Å². The van der Waals surface area contributed by atoms with Crippen LogP contribution in [0.1, 0.15) is 20.3 Å². The van der Waals surface area contributed by atoms with Gasteiger partial charge in [-0.1, -0.05) is 37.0 Å². The van der Waals surface area contributed by atoms with E-state index in [0.717, 1.165) is 18.6 Å². The van der Waals surface area contributed by atoms with E-state index in [0.29, 0.717) is 0 Å². The van der Waals surface area contributed by atoms with Crippen LogP contribution in [0.4, 0.5) is 0 Å². The number of allylic oxidation sites excluding steroid dienone is 6. The molecule has 0 saturated heterocycles. The molecule has 0 aromatic rings. The summed E-state index contributed by atoms with van der Waals surface area (Å²) in [4.78, 5) is 0. The van der Waals surface area contributed by atoms with Crippen LogP contribution in [0.15, 0.2) is 48.1 Å². The zero-order valence-electron chi connectivity index (χ0n) is 9.42. The third-order valence-corrected chi connectivity index (χ3v) is 1.85. The molecule has 0 atom stereocenters. The van der Waals surface area contributed by atoms with Gasteiger partial charge in [0.2, 0.25) is 0 Å². The summed E-state index contributed by atoms with van der Waals surface area (Å²) in [5.74, 6) is 0. The van der Waals surface area contributed by atoms with Crippen molar-refractivity contribution in [3.8, 4) is 0 Å². The first-order valence-electron chi connectivity index (χ1n) is 4.86. The van der Waals surface area contributed by atoms with Crippen LogP contribution in [-0.2, 0) is 4.74 Å². The Morgan fingerprint density at radius 1 is 1.43 bits per heavy atom. The van der Waals surface area contributed by atoms with Crippen molar-refractivity contribution in [2.75, 3.05) is 13.7 Å². The third kappa shape index (κ3) is 6.44. The maximum absolute atomic E-state index is 4.94. The minimum atomic E-state index is 0.765. The molecule has 1 heteroatoms. The molecule has 0 aromatic heterocycles. The highest BCUT2D eigenvalue weighted by atomic mass is 16.5. The van der Waals surface area contributed by atoms with E-state index in [1.165, 1.54) is 5.57 Å². The summed E-state index contributed by atoms with van der Waals surface area (Å²) in [5, 5.41) is 0. The molecule has 0 spiro atoms. The molecule has 0 aliphatic carbocycles. The lowest BCUT2D eigenvalue weighted by Gasteiger charge is -1.98. The summed E-state index contributed by atoms with van der Waals surface area (Å²) in [7, 11) is 1.71. The molecule has 0 saturated carbocycles. The summed E-state index contributed by atoms with van der Waals surface area (Å²) in [6.45, 7) is 8.80. The molecule has 0 bridgehead atoms. The molecule has 0 aliphatic rings. The Kier molecular flexibility index (Phi) is 7.86. The van der Waals surface area contributed by atoms with Crippen LogP contribution in [0.5, 0.6) is 0 Å². The van der Waals surface area contributed by atoms with Gasteiger partial charge in [0, 0.05) is 13.7 Å². The van der Waals surface area contributed by atoms with Gasteiger partial charge in [-0.15, -0.1) is 0 Å². The topological polar surface area (TPSA) is 9.23 Å². The molecule has 0 rings (SSSR count). The lowest BCUT2D eigenvalue weighted by atomic mass is 10.1. The normalized spacial score (nSPS) is 12.9. The van der Waals surface area contributed by atoms with Crippen molar-refractivity contribution in [3.63, 3.8) is 0 Å². The summed E-state index contributed by atoms with van der Waals surface area (Å²) in [6.07, 6.45) is 11.1. The molecule has 0 N–H and O–H groups in total. The first-order valence-corrected chi connectivity index (χ1v) is 4.86. The van der Waals surface area contributed by atoms with Crippen molar-refractivity contribution in [1.82, 2.24) is 0 Å². The minimum Gasteiger partial charge on any atom is -0.384 e. The second-order valence-electron chi connectivity index (χ2n) is 3.08. The fourth-order valence-corrected chi connectivity index (χ4v) is 0.891. The van der Waals surface area contributed by atoms with E-state index >= 15 is 0 Å². The zero-order valence-corrected chi connectivity index (χ0v) is 9.42. The summed E-state index contributed by atoms with van der Waals surface area (Å²) in [6, 6.07) is 0. The van der Waals surface area contributed by atoms with Gasteiger partial charge in [-0.05, 0) is 31.4 Å². The lowest BCUT2D eigenvalue weighted by Crippen LogP contribution is -1.84. The molecule has 0 radical (unpaired) electrons. The first kappa shape index (κ1) is 12.9. The fourth-order valence-electron chi connectivity index (χ4n) is 0.891. The quantitative estimate of drug-likeness (QED) is 0.461. The number of hydrogen-bond acceptors (Lipinski definition) is 1. The van der Waals surface area contributed by atoms with Gasteiger partial charge in [-0.3, -0.25) is 0 Å². The van der Waals surface area contributed by atoms with Crippen molar-refractivity contribution in [1.29, 1.82) is 0 Å². The Morgan fingerprint density at radius 2 is 2.14 bits per heavy atom. The summed E-state index contributed by atoms with van der Waals surface area (Å²) in [5.41, 5.74) is 2.25. The lowest BCUT2D eigenvalue weighted by molar-refractivity contribution is 0.204. The second-order valence-corrected chi connectivity index (χ2v) is 3.08. The molecule has 0 unspecified atom stereocenters. The average Bonchev–Trinajstić information content (AvgIpc) is 2.20. The molecular formula is C13H20O. The van der Waals surface area contributed by atoms with Gasteiger partial charge < -0.3 is 4.74 Å². The SMILES string of the molecule is C=C(C=CCCOC)C(C)=CC=CC. The minimum absolute atomic E-state index is 0.765. The van der Waals surface area contributed by atoms with Gasteiger partial charge in [0.05, 0.1) is 0 Å². The highest BCUT2D eigenvalue weighted by molar-refractivity contribution is 5.37. The van der Waals surface area contributed by atoms with Gasteiger partial charge >= 0.3 is 0 Å². The van der Waals surface area contributed by atoms with E-state index in [9.17, 15) is 0 Å². The molecule has 14 heavy (non-hydrogen) atoms. The van der Waals surface area contributed by atoms with Gasteiger partial charge in [0.25, 0.3) is 0 Å². The highest BCUT2D eigenvalue weighted by Gasteiger charge is 1.89. The van der Waals surface area contributed by atoms with Crippen LogP contribution in [0.25, 0.3) is 0 Å². The Bertz CT molecular complexity index is 244. The van der Waals surface area contributed by atoms with Gasteiger partial charge in [-0.25, -0.2) is 0 Å². The number of rotatable bonds is 6. The van der Waals surface area contributed by atoms with E-state index in [1.807, 2.05) is 25.2 Å². The smallest absolute Gasteiger partial charge is 0.0496 e. The molecule has 0 fully saturated rings. The fraction of sp³-hybridized carbons (Fsp3) is 0.385. The molecule has 78 valence electrons. The third-order valence-electron chi connectivity index (χ3n) is 1.85. The highest BCUT2D eigenvalue weighted by Crippen LogP contribution is 2.08. The van der Waals surface area contributed by atoms with Crippen molar-refractivity contribution in [3.05, 3.63) is 48.1 Å². The first-order chi connectivity index (χ1) is 6.72. The van der Waals surface area contributed by atoms with Crippen molar-refractivity contribution < 1.29 is 4.74 Å². The van der Waals surface area contributed by atoms with Crippen molar-refractivity contribution in [2.24, 2.45) is 0 Å². The molecule has 0 aromatic carbocycles. The maximum atomic E-state index is 4.94. The van der Waals surface area contributed by atoms with Crippen LogP contribution in [0.3, 0.4) is 0 Å². The molecule has 0 heterocycles. The van der Waals surface area contributed by atoms with Crippen LogP contribution >= 0.6 is 0 Å². The molecule has 0 amide bonds. The molecule has 0 aliphatic heterocycles. The van der Waals surface area contributed by atoms with E-state index in [-0.39, 0.29) is 0 Å². The molecule has 1 nitrogen and oxygen atoms in total. The number of hydrogen-bond donors (Lipinski definition) is 0. The standard InChI is InChI=1S/C13H20O/c1-5-6-9-12(2)13(3)10-7-8-11-14-4/h5-7,9-10H,3,8,11H2,1-2,4H3. The Balaban J connectivity index is 4.01. The monoisotopic (exact) mass is 192 g/mol. The zero-order chi connectivity index (χ0) is 10.8. The van der Waals surface area contributed by atoms with Gasteiger partial charge in [0.15, 0.2) is 0 Å².